The second-order valence-electron chi connectivity index (χ2n) is 1.79. The van der Waals surface area contributed by atoms with Gasteiger partial charge in [0.1, 0.15) is 0 Å². The third kappa shape index (κ3) is 0.955. The molecule has 0 N–H and O–H groups in total. The van der Waals surface area contributed by atoms with Crippen molar-refractivity contribution in [2.24, 2.45) is 0 Å². The molecular formula is C6H4N2S2. The molecule has 0 amide bonds. The van der Waals surface area contributed by atoms with E-state index in [-0.39, 0.29) is 0 Å². The fraction of sp³-hybridized carbons (Fsp3) is 0. The van der Waals surface area contributed by atoms with Crippen LogP contribution >= 0.6 is 22.9 Å². The summed E-state index contributed by atoms with van der Waals surface area (Å²) >= 11 is 3.12. The van der Waals surface area contributed by atoms with E-state index in [0.717, 1.165) is 4.88 Å². The highest BCUT2D eigenvalue weighted by molar-refractivity contribution is 7.11. The molecule has 0 radical (unpaired) electrons. The van der Waals surface area contributed by atoms with Crippen molar-refractivity contribution < 1.29 is 0 Å². The topological polar surface area (TPSA) is 25.8 Å². The molecule has 50 valence electrons. The standard InChI is InChI=1S/C6H4N2S2/c1-2-9-4-5(1)6-3-7-8-10-6/h1-4H. The van der Waals surface area contributed by atoms with Gasteiger partial charge >= 0.3 is 0 Å². The van der Waals surface area contributed by atoms with Gasteiger partial charge in [0.2, 0.25) is 0 Å². The van der Waals surface area contributed by atoms with Crippen molar-refractivity contribution in [1.29, 1.82) is 0 Å². The van der Waals surface area contributed by atoms with Crippen molar-refractivity contribution in [3.8, 4) is 10.4 Å². The van der Waals surface area contributed by atoms with Gasteiger partial charge in [-0.1, -0.05) is 4.49 Å². The molecule has 0 aliphatic rings. The second kappa shape index (κ2) is 2.48. The van der Waals surface area contributed by atoms with Crippen LogP contribution < -0.4 is 0 Å². The first kappa shape index (κ1) is 6.00. The molecule has 2 aromatic heterocycles. The normalized spacial score (nSPS) is 10.0. The molecule has 2 heterocycles. The Morgan fingerprint density at radius 2 is 2.40 bits per heavy atom. The lowest BCUT2D eigenvalue weighted by molar-refractivity contribution is 1.16. The van der Waals surface area contributed by atoms with Gasteiger partial charge in [-0.05, 0) is 28.4 Å². The largest absolute Gasteiger partial charge is 0.152 e. The molecule has 2 nitrogen and oxygen atoms in total. The first-order chi connectivity index (χ1) is 4.97. The summed E-state index contributed by atoms with van der Waals surface area (Å²) in [5, 5.41) is 7.89. The number of hydrogen-bond acceptors (Lipinski definition) is 4. The van der Waals surface area contributed by atoms with Crippen molar-refractivity contribution in [1.82, 2.24) is 9.59 Å². The van der Waals surface area contributed by atoms with Crippen LogP contribution in [0.2, 0.25) is 0 Å². The van der Waals surface area contributed by atoms with Crippen LogP contribution in [0.3, 0.4) is 0 Å². The van der Waals surface area contributed by atoms with Crippen molar-refractivity contribution in [2.45, 2.75) is 0 Å². The van der Waals surface area contributed by atoms with Crippen LogP contribution in [0.25, 0.3) is 10.4 Å². The fourth-order valence-electron chi connectivity index (χ4n) is 0.699. The smallest absolute Gasteiger partial charge is 0.0762 e. The van der Waals surface area contributed by atoms with E-state index in [2.05, 4.69) is 26.4 Å². The zero-order valence-corrected chi connectivity index (χ0v) is 6.65. The highest BCUT2D eigenvalue weighted by Gasteiger charge is 1.98. The Hall–Kier alpha value is -0.740. The monoisotopic (exact) mass is 168 g/mol. The molecular weight excluding hydrogens is 164 g/mol. The lowest BCUT2D eigenvalue weighted by Crippen LogP contribution is -1.60. The van der Waals surface area contributed by atoms with Gasteiger partial charge in [0.05, 0.1) is 11.1 Å². The van der Waals surface area contributed by atoms with E-state index in [4.69, 9.17) is 0 Å². The zero-order valence-electron chi connectivity index (χ0n) is 5.02. The summed E-state index contributed by atoms with van der Waals surface area (Å²) < 4.78 is 3.77. The summed E-state index contributed by atoms with van der Waals surface area (Å²) in [6, 6.07) is 2.07. The average molecular weight is 168 g/mol. The molecule has 0 spiro atoms. The first-order valence-electron chi connectivity index (χ1n) is 2.77. The number of hydrogen-bond donors (Lipinski definition) is 0. The third-order valence-corrected chi connectivity index (χ3v) is 2.56. The molecule has 0 atom stereocenters. The highest BCUT2D eigenvalue weighted by Crippen LogP contribution is 2.23. The minimum absolute atomic E-state index is 1.14. The molecule has 0 aliphatic heterocycles. The Balaban J connectivity index is 2.48. The van der Waals surface area contributed by atoms with Gasteiger partial charge in [-0.25, -0.2) is 0 Å². The SMILES string of the molecule is c1cc(-c2cnns2)cs1. The fourth-order valence-corrected chi connectivity index (χ4v) is 1.94. The summed E-state index contributed by atoms with van der Waals surface area (Å²) in [6.07, 6.45) is 1.78. The van der Waals surface area contributed by atoms with E-state index >= 15 is 0 Å². The molecule has 2 aromatic rings. The van der Waals surface area contributed by atoms with Crippen molar-refractivity contribution >= 4 is 22.9 Å². The van der Waals surface area contributed by atoms with Crippen LogP contribution in [0.1, 0.15) is 0 Å². The van der Waals surface area contributed by atoms with Gasteiger partial charge in [-0.2, -0.15) is 11.3 Å². The summed E-state index contributed by atoms with van der Waals surface area (Å²) in [5.74, 6) is 0. The summed E-state index contributed by atoms with van der Waals surface area (Å²) in [5.41, 5.74) is 1.22. The summed E-state index contributed by atoms with van der Waals surface area (Å²) in [6.45, 7) is 0. The number of nitrogens with zero attached hydrogens (tertiary/aromatic N) is 2. The quantitative estimate of drug-likeness (QED) is 0.652. The minimum Gasteiger partial charge on any atom is -0.152 e. The molecule has 0 bridgehead atoms. The average Bonchev–Trinajstić information content (AvgIpc) is 2.59. The molecule has 0 saturated heterocycles. The predicted octanol–water partition coefficient (Wildman–Crippen LogP) is 2.27. The van der Waals surface area contributed by atoms with Crippen LogP contribution in [-0.4, -0.2) is 9.59 Å². The Morgan fingerprint density at radius 3 is 3.00 bits per heavy atom. The van der Waals surface area contributed by atoms with Crippen LogP contribution in [0, 0.1) is 0 Å². The zero-order chi connectivity index (χ0) is 6.81. The number of thiophene rings is 1. The highest BCUT2D eigenvalue weighted by atomic mass is 32.1. The van der Waals surface area contributed by atoms with Crippen molar-refractivity contribution in [3.05, 3.63) is 23.0 Å². The maximum atomic E-state index is 3.77. The predicted molar refractivity (Wildman–Crippen MR) is 43.2 cm³/mol. The lowest BCUT2D eigenvalue weighted by atomic mass is 10.3. The maximum absolute atomic E-state index is 3.77. The Labute approximate surface area is 66.3 Å². The van der Waals surface area contributed by atoms with Crippen LogP contribution in [0.5, 0.6) is 0 Å². The van der Waals surface area contributed by atoms with Crippen LogP contribution in [0.4, 0.5) is 0 Å². The second-order valence-corrected chi connectivity index (χ2v) is 3.36. The molecule has 0 unspecified atom stereocenters. The third-order valence-electron chi connectivity index (χ3n) is 1.17. The van der Waals surface area contributed by atoms with E-state index in [9.17, 15) is 0 Å². The molecule has 0 fully saturated rings. The molecule has 0 aliphatic carbocycles. The molecule has 0 aromatic carbocycles. The van der Waals surface area contributed by atoms with E-state index in [1.54, 1.807) is 17.5 Å². The Morgan fingerprint density at radius 1 is 1.40 bits per heavy atom. The Bertz CT molecular complexity index is 253. The van der Waals surface area contributed by atoms with Gasteiger partial charge in [-0.3, -0.25) is 0 Å². The lowest BCUT2D eigenvalue weighted by Gasteiger charge is -1.82. The van der Waals surface area contributed by atoms with Crippen LogP contribution in [-0.2, 0) is 0 Å². The van der Waals surface area contributed by atoms with Crippen molar-refractivity contribution in [2.75, 3.05) is 0 Å². The number of rotatable bonds is 1. The molecule has 10 heavy (non-hydrogen) atoms. The number of aromatic nitrogens is 2. The van der Waals surface area contributed by atoms with Gasteiger partial charge in [-0.15, -0.1) is 5.10 Å². The molecule has 4 heteroatoms. The first-order valence-corrected chi connectivity index (χ1v) is 4.48. The van der Waals surface area contributed by atoms with E-state index in [1.165, 1.54) is 17.1 Å². The van der Waals surface area contributed by atoms with Crippen LogP contribution in [0.15, 0.2) is 23.0 Å². The summed E-state index contributed by atoms with van der Waals surface area (Å²) in [4.78, 5) is 1.14. The van der Waals surface area contributed by atoms with E-state index in [1.807, 2.05) is 0 Å². The van der Waals surface area contributed by atoms with Crippen molar-refractivity contribution in [3.63, 3.8) is 0 Å². The van der Waals surface area contributed by atoms with E-state index in [0.29, 0.717) is 0 Å². The molecule has 0 saturated carbocycles. The molecule has 2 rings (SSSR count). The van der Waals surface area contributed by atoms with E-state index < -0.39 is 0 Å². The Kier molecular flexibility index (Phi) is 1.49. The van der Waals surface area contributed by atoms with Gasteiger partial charge in [0.15, 0.2) is 0 Å². The van der Waals surface area contributed by atoms with Gasteiger partial charge in [0, 0.05) is 5.56 Å². The maximum Gasteiger partial charge on any atom is 0.0762 e. The summed E-state index contributed by atoms with van der Waals surface area (Å²) in [7, 11) is 0. The van der Waals surface area contributed by atoms with Gasteiger partial charge < -0.3 is 0 Å². The van der Waals surface area contributed by atoms with Gasteiger partial charge in [0.25, 0.3) is 0 Å². The minimum atomic E-state index is 1.14.